The number of nitrogens with zero attached hydrogens (tertiary/aromatic N) is 1. The van der Waals surface area contributed by atoms with Crippen molar-refractivity contribution in [2.45, 2.75) is 19.5 Å². The second-order valence-electron chi connectivity index (χ2n) is 7.22. The number of carbonyl (C=O) groups is 2. The summed E-state index contributed by atoms with van der Waals surface area (Å²) in [5, 5.41) is 9.66. The molecule has 8 nitrogen and oxygen atoms in total. The molecule has 2 heterocycles. The first kappa shape index (κ1) is 21.8. The van der Waals surface area contributed by atoms with Gasteiger partial charge in [-0.25, -0.2) is 4.98 Å². The lowest BCUT2D eigenvalue weighted by molar-refractivity contribution is 0.0950. The van der Waals surface area contributed by atoms with Crippen molar-refractivity contribution in [1.29, 1.82) is 0 Å². The van der Waals surface area contributed by atoms with Crippen molar-refractivity contribution in [2.75, 3.05) is 26.1 Å². The first-order valence-corrected chi connectivity index (χ1v) is 11.0. The Hall–Kier alpha value is -3.43. The highest BCUT2D eigenvalue weighted by atomic mass is 32.1. The van der Waals surface area contributed by atoms with E-state index in [2.05, 4.69) is 20.9 Å². The van der Waals surface area contributed by atoms with Crippen LogP contribution >= 0.6 is 11.3 Å². The number of ether oxygens (including phenoxy) is 2. The van der Waals surface area contributed by atoms with Crippen LogP contribution in [0.1, 0.15) is 36.9 Å². The average molecular weight is 453 g/mol. The van der Waals surface area contributed by atoms with Crippen molar-refractivity contribution < 1.29 is 19.1 Å². The van der Waals surface area contributed by atoms with Crippen LogP contribution < -0.4 is 25.4 Å². The Morgan fingerprint density at radius 1 is 1.06 bits per heavy atom. The minimum absolute atomic E-state index is 0.225. The molecule has 2 amide bonds. The van der Waals surface area contributed by atoms with E-state index in [4.69, 9.17) is 9.47 Å². The monoisotopic (exact) mass is 452 g/mol. The van der Waals surface area contributed by atoms with Gasteiger partial charge in [-0.3, -0.25) is 14.9 Å². The molecular formula is C23H24N4O4S. The summed E-state index contributed by atoms with van der Waals surface area (Å²) >= 11 is 1.50. The van der Waals surface area contributed by atoms with Crippen LogP contribution in [0, 0.1) is 0 Å². The van der Waals surface area contributed by atoms with E-state index in [9.17, 15) is 9.59 Å². The fourth-order valence-corrected chi connectivity index (χ4v) is 4.41. The van der Waals surface area contributed by atoms with Gasteiger partial charge in [-0.2, -0.15) is 0 Å². The SMILES string of the molecule is COc1ccc(C(=O)NCc2cccc(C(=O)Nc3nc4c(s3)CNCC4)c2)cc1OC. The number of aromatic nitrogens is 1. The maximum atomic E-state index is 12.7. The molecule has 0 fully saturated rings. The standard InChI is InChI=1S/C23H24N4O4S/c1-30-18-7-6-16(11-19(18)31-2)21(28)25-12-14-4-3-5-15(10-14)22(29)27-23-26-17-8-9-24-13-20(17)32-23/h3-7,10-11,24H,8-9,12-13H2,1-2H3,(H,25,28)(H,26,27,29). The summed E-state index contributed by atoms with van der Waals surface area (Å²) in [6.45, 7) is 1.98. The Morgan fingerprint density at radius 3 is 2.66 bits per heavy atom. The first-order chi connectivity index (χ1) is 15.6. The van der Waals surface area contributed by atoms with E-state index in [1.165, 1.54) is 18.4 Å². The van der Waals surface area contributed by atoms with Gasteiger partial charge in [0.15, 0.2) is 16.6 Å². The largest absolute Gasteiger partial charge is 0.493 e. The lowest BCUT2D eigenvalue weighted by Crippen LogP contribution is -2.23. The maximum absolute atomic E-state index is 12.7. The number of carbonyl (C=O) groups excluding carboxylic acids is 2. The van der Waals surface area contributed by atoms with Gasteiger partial charge in [0, 0.05) is 42.1 Å². The predicted molar refractivity (Wildman–Crippen MR) is 123 cm³/mol. The third kappa shape index (κ3) is 4.90. The average Bonchev–Trinajstić information content (AvgIpc) is 3.24. The summed E-state index contributed by atoms with van der Waals surface area (Å²) in [7, 11) is 3.06. The van der Waals surface area contributed by atoms with E-state index in [1.54, 1.807) is 43.5 Å². The smallest absolute Gasteiger partial charge is 0.257 e. The lowest BCUT2D eigenvalue weighted by Gasteiger charge is -2.10. The molecule has 0 radical (unpaired) electrons. The Balaban J connectivity index is 1.39. The molecule has 4 rings (SSSR count). The third-order valence-corrected chi connectivity index (χ3v) is 6.12. The number of methoxy groups -OCH3 is 2. The normalized spacial score (nSPS) is 12.6. The zero-order chi connectivity index (χ0) is 22.5. The maximum Gasteiger partial charge on any atom is 0.257 e. The zero-order valence-electron chi connectivity index (χ0n) is 17.9. The second kappa shape index (κ2) is 9.80. The highest BCUT2D eigenvalue weighted by Gasteiger charge is 2.17. The highest BCUT2D eigenvalue weighted by molar-refractivity contribution is 7.15. The molecule has 0 bridgehead atoms. The van der Waals surface area contributed by atoms with Gasteiger partial charge in [0.1, 0.15) is 0 Å². The van der Waals surface area contributed by atoms with Crippen LogP contribution in [0.5, 0.6) is 11.5 Å². The van der Waals surface area contributed by atoms with Crippen molar-refractivity contribution in [1.82, 2.24) is 15.6 Å². The number of amides is 2. The predicted octanol–water partition coefficient (Wildman–Crippen LogP) is 2.99. The van der Waals surface area contributed by atoms with Crippen molar-refractivity contribution in [3.05, 3.63) is 69.7 Å². The van der Waals surface area contributed by atoms with Crippen LogP contribution in [-0.4, -0.2) is 37.6 Å². The van der Waals surface area contributed by atoms with E-state index in [0.717, 1.165) is 35.6 Å². The molecule has 0 saturated heterocycles. The molecule has 0 atom stereocenters. The van der Waals surface area contributed by atoms with E-state index in [1.807, 2.05) is 6.07 Å². The second-order valence-corrected chi connectivity index (χ2v) is 8.31. The van der Waals surface area contributed by atoms with Gasteiger partial charge >= 0.3 is 0 Å². The van der Waals surface area contributed by atoms with Gasteiger partial charge in [0.2, 0.25) is 0 Å². The first-order valence-electron chi connectivity index (χ1n) is 10.2. The number of benzene rings is 2. The van der Waals surface area contributed by atoms with Crippen LogP contribution in [0.3, 0.4) is 0 Å². The molecule has 9 heteroatoms. The molecule has 1 aliphatic heterocycles. The minimum atomic E-state index is -0.247. The van der Waals surface area contributed by atoms with Gasteiger partial charge in [-0.15, -0.1) is 11.3 Å². The molecule has 1 aromatic heterocycles. The Labute approximate surface area is 190 Å². The Morgan fingerprint density at radius 2 is 1.88 bits per heavy atom. The summed E-state index contributed by atoms with van der Waals surface area (Å²) in [5.74, 6) is 0.568. The van der Waals surface area contributed by atoms with Crippen molar-refractivity contribution in [3.8, 4) is 11.5 Å². The highest BCUT2D eigenvalue weighted by Crippen LogP contribution is 2.28. The molecule has 0 unspecified atom stereocenters. The molecule has 3 aromatic rings. The fraction of sp³-hybridized carbons (Fsp3) is 0.261. The van der Waals surface area contributed by atoms with Gasteiger partial charge in [-0.1, -0.05) is 12.1 Å². The van der Waals surface area contributed by atoms with Gasteiger partial charge < -0.3 is 20.1 Å². The van der Waals surface area contributed by atoms with E-state index >= 15 is 0 Å². The van der Waals surface area contributed by atoms with Crippen molar-refractivity contribution in [2.24, 2.45) is 0 Å². The molecule has 1 aliphatic rings. The number of anilines is 1. The molecule has 2 aromatic carbocycles. The molecule has 166 valence electrons. The number of hydrogen-bond donors (Lipinski definition) is 3. The van der Waals surface area contributed by atoms with E-state index in [-0.39, 0.29) is 18.4 Å². The van der Waals surface area contributed by atoms with Gasteiger partial charge in [0.05, 0.1) is 19.9 Å². The van der Waals surface area contributed by atoms with Gasteiger partial charge in [0.25, 0.3) is 11.8 Å². The molecule has 3 N–H and O–H groups in total. The number of hydrogen-bond acceptors (Lipinski definition) is 7. The van der Waals surface area contributed by atoms with Crippen LogP contribution in [0.25, 0.3) is 0 Å². The van der Waals surface area contributed by atoms with E-state index < -0.39 is 0 Å². The summed E-state index contributed by atoms with van der Waals surface area (Å²) in [6.07, 6.45) is 0.872. The topological polar surface area (TPSA) is 102 Å². The number of nitrogens with one attached hydrogen (secondary N) is 3. The summed E-state index contributed by atoms with van der Waals surface area (Å²) < 4.78 is 10.5. The summed E-state index contributed by atoms with van der Waals surface area (Å²) in [6, 6.07) is 12.1. The third-order valence-electron chi connectivity index (χ3n) is 5.11. The van der Waals surface area contributed by atoms with Gasteiger partial charge in [-0.05, 0) is 35.9 Å². The van der Waals surface area contributed by atoms with Crippen molar-refractivity contribution >= 4 is 28.3 Å². The van der Waals surface area contributed by atoms with Crippen LogP contribution in [-0.2, 0) is 19.5 Å². The van der Waals surface area contributed by atoms with Crippen LogP contribution in [0.2, 0.25) is 0 Å². The molecule has 0 saturated carbocycles. The zero-order valence-corrected chi connectivity index (χ0v) is 18.7. The minimum Gasteiger partial charge on any atom is -0.493 e. The van der Waals surface area contributed by atoms with Crippen molar-refractivity contribution in [3.63, 3.8) is 0 Å². The van der Waals surface area contributed by atoms with Crippen LogP contribution in [0.4, 0.5) is 5.13 Å². The molecule has 0 aliphatic carbocycles. The quantitative estimate of drug-likeness (QED) is 0.510. The number of fused-ring (bicyclic) bond motifs is 1. The van der Waals surface area contributed by atoms with Crippen LogP contribution in [0.15, 0.2) is 42.5 Å². The Bertz CT molecular complexity index is 1120. The molecular weight excluding hydrogens is 428 g/mol. The molecule has 32 heavy (non-hydrogen) atoms. The number of thiazole rings is 1. The van der Waals surface area contributed by atoms with E-state index in [0.29, 0.717) is 27.8 Å². The fourth-order valence-electron chi connectivity index (χ4n) is 3.43. The summed E-state index contributed by atoms with van der Waals surface area (Å²) in [4.78, 5) is 30.9. The lowest BCUT2D eigenvalue weighted by atomic mass is 10.1. The molecule has 0 spiro atoms. The number of rotatable bonds is 7. The summed E-state index contributed by atoms with van der Waals surface area (Å²) in [5.41, 5.74) is 2.83. The Kier molecular flexibility index (Phi) is 6.67.